The van der Waals surface area contributed by atoms with Gasteiger partial charge in [0, 0.05) is 5.69 Å². The van der Waals surface area contributed by atoms with Crippen molar-refractivity contribution in [3.8, 4) is 5.75 Å². The second kappa shape index (κ2) is 8.09. The summed E-state index contributed by atoms with van der Waals surface area (Å²) in [5, 5.41) is 2.99. The van der Waals surface area contributed by atoms with Crippen molar-refractivity contribution >= 4 is 28.9 Å². The number of para-hydroxylation sites is 1. The van der Waals surface area contributed by atoms with Gasteiger partial charge in [-0.3, -0.25) is 15.6 Å². The van der Waals surface area contributed by atoms with Crippen molar-refractivity contribution in [1.29, 1.82) is 0 Å². The Balaban J connectivity index is 1.72. The van der Waals surface area contributed by atoms with Gasteiger partial charge in [0.1, 0.15) is 11.6 Å². The number of ether oxygens (including phenoxy) is 1. The molecular formula is C16H16FN3O2S. The van der Waals surface area contributed by atoms with Gasteiger partial charge >= 0.3 is 0 Å². The van der Waals surface area contributed by atoms with Crippen molar-refractivity contribution in [1.82, 2.24) is 10.9 Å². The first kappa shape index (κ1) is 16.7. The zero-order chi connectivity index (χ0) is 16.7. The molecule has 0 atom stereocenters. The fraction of sp³-hybridized carbons (Fsp3) is 0.125. The van der Waals surface area contributed by atoms with Crippen molar-refractivity contribution in [3.05, 3.63) is 59.9 Å². The highest BCUT2D eigenvalue weighted by molar-refractivity contribution is 7.80. The number of hydrogen-bond donors (Lipinski definition) is 3. The van der Waals surface area contributed by atoms with Crippen molar-refractivity contribution in [2.75, 3.05) is 11.9 Å². The van der Waals surface area contributed by atoms with E-state index in [1.54, 1.807) is 6.07 Å². The number of hydrazine groups is 1. The lowest BCUT2D eigenvalue weighted by atomic mass is 10.2. The number of amides is 1. The molecule has 2 rings (SSSR count). The van der Waals surface area contributed by atoms with E-state index in [1.807, 2.05) is 25.1 Å². The van der Waals surface area contributed by atoms with Crippen LogP contribution in [0.1, 0.15) is 5.56 Å². The number of anilines is 1. The molecule has 2 aromatic carbocycles. The van der Waals surface area contributed by atoms with Crippen molar-refractivity contribution in [2.24, 2.45) is 0 Å². The molecule has 1 amide bonds. The highest BCUT2D eigenvalue weighted by Crippen LogP contribution is 2.15. The van der Waals surface area contributed by atoms with E-state index in [9.17, 15) is 9.18 Å². The molecule has 0 spiro atoms. The van der Waals surface area contributed by atoms with Crippen LogP contribution in [0.25, 0.3) is 0 Å². The minimum Gasteiger partial charge on any atom is -0.483 e. The zero-order valence-electron chi connectivity index (χ0n) is 12.4. The first-order chi connectivity index (χ1) is 11.0. The van der Waals surface area contributed by atoms with Crippen LogP contribution in [0.5, 0.6) is 5.75 Å². The maximum absolute atomic E-state index is 12.8. The lowest BCUT2D eigenvalue weighted by Gasteiger charge is -2.12. The third-order valence-corrected chi connectivity index (χ3v) is 3.07. The Labute approximate surface area is 138 Å². The van der Waals surface area contributed by atoms with Crippen LogP contribution in [0.3, 0.4) is 0 Å². The van der Waals surface area contributed by atoms with Crippen LogP contribution in [0.15, 0.2) is 48.5 Å². The number of rotatable bonds is 4. The Morgan fingerprint density at radius 2 is 1.83 bits per heavy atom. The fourth-order valence-electron chi connectivity index (χ4n) is 1.72. The molecule has 0 bridgehead atoms. The minimum absolute atomic E-state index is 0.142. The molecule has 120 valence electrons. The Morgan fingerprint density at radius 1 is 1.13 bits per heavy atom. The number of benzene rings is 2. The average molecular weight is 333 g/mol. The molecule has 0 unspecified atom stereocenters. The quantitative estimate of drug-likeness (QED) is 0.593. The third-order valence-electron chi connectivity index (χ3n) is 2.87. The molecule has 0 saturated carbocycles. The second-order valence-corrected chi connectivity index (χ2v) is 5.10. The van der Waals surface area contributed by atoms with Gasteiger partial charge < -0.3 is 10.1 Å². The van der Waals surface area contributed by atoms with E-state index in [4.69, 9.17) is 17.0 Å². The molecule has 23 heavy (non-hydrogen) atoms. The predicted molar refractivity (Wildman–Crippen MR) is 90.6 cm³/mol. The van der Waals surface area contributed by atoms with Crippen molar-refractivity contribution < 1.29 is 13.9 Å². The zero-order valence-corrected chi connectivity index (χ0v) is 13.2. The normalized spacial score (nSPS) is 9.83. The van der Waals surface area contributed by atoms with Gasteiger partial charge in [0.2, 0.25) is 0 Å². The van der Waals surface area contributed by atoms with Crippen LogP contribution in [0, 0.1) is 12.7 Å². The van der Waals surface area contributed by atoms with E-state index in [-0.39, 0.29) is 23.4 Å². The number of nitrogens with one attached hydrogen (secondary N) is 3. The Morgan fingerprint density at radius 3 is 2.52 bits per heavy atom. The summed E-state index contributed by atoms with van der Waals surface area (Å²) >= 11 is 5.01. The maximum atomic E-state index is 12.8. The summed E-state index contributed by atoms with van der Waals surface area (Å²) in [5.41, 5.74) is 6.51. The van der Waals surface area contributed by atoms with E-state index >= 15 is 0 Å². The first-order valence-electron chi connectivity index (χ1n) is 6.84. The molecule has 0 aromatic heterocycles. The summed E-state index contributed by atoms with van der Waals surface area (Å²) in [6.45, 7) is 1.75. The van der Waals surface area contributed by atoms with Crippen LogP contribution in [0.2, 0.25) is 0 Å². The van der Waals surface area contributed by atoms with Gasteiger partial charge in [-0.2, -0.15) is 0 Å². The number of carbonyl (C=O) groups is 1. The van der Waals surface area contributed by atoms with Crippen molar-refractivity contribution in [2.45, 2.75) is 6.92 Å². The van der Waals surface area contributed by atoms with E-state index in [0.29, 0.717) is 11.4 Å². The summed E-state index contributed by atoms with van der Waals surface area (Å²) in [5.74, 6) is -0.0674. The average Bonchev–Trinajstić information content (AvgIpc) is 2.54. The van der Waals surface area contributed by atoms with Crippen LogP contribution in [0.4, 0.5) is 10.1 Å². The topological polar surface area (TPSA) is 62.4 Å². The monoisotopic (exact) mass is 333 g/mol. The predicted octanol–water partition coefficient (Wildman–Crippen LogP) is 2.53. The number of aryl methyl sites for hydroxylation is 1. The summed E-state index contributed by atoms with van der Waals surface area (Å²) in [6, 6.07) is 13.1. The molecule has 0 fully saturated rings. The van der Waals surface area contributed by atoms with Gasteiger partial charge in [-0.1, -0.05) is 18.2 Å². The van der Waals surface area contributed by atoms with Gasteiger partial charge in [-0.05, 0) is 55.0 Å². The molecule has 0 heterocycles. The standard InChI is InChI=1S/C16H16FN3O2S/c1-11-4-2-3-5-14(11)22-10-15(21)19-20-16(23)18-13-8-6-12(17)7-9-13/h2-9H,10H2,1H3,(H,19,21)(H2,18,20,23). The van der Waals surface area contributed by atoms with Crippen LogP contribution < -0.4 is 20.9 Å². The SMILES string of the molecule is Cc1ccccc1OCC(=O)NNC(=S)Nc1ccc(F)cc1. The van der Waals surface area contributed by atoms with E-state index < -0.39 is 0 Å². The lowest BCUT2D eigenvalue weighted by Crippen LogP contribution is -2.45. The summed E-state index contributed by atoms with van der Waals surface area (Å²) in [6.07, 6.45) is 0. The molecule has 0 radical (unpaired) electrons. The molecule has 7 heteroatoms. The maximum Gasteiger partial charge on any atom is 0.276 e. The Hall–Kier alpha value is -2.67. The van der Waals surface area contributed by atoms with Crippen LogP contribution >= 0.6 is 12.2 Å². The molecular weight excluding hydrogens is 317 g/mol. The Bertz CT molecular complexity index is 692. The van der Waals surface area contributed by atoms with Gasteiger partial charge in [0.05, 0.1) is 0 Å². The van der Waals surface area contributed by atoms with E-state index in [0.717, 1.165) is 5.56 Å². The lowest BCUT2D eigenvalue weighted by molar-refractivity contribution is -0.123. The molecule has 3 N–H and O–H groups in total. The van der Waals surface area contributed by atoms with E-state index in [2.05, 4.69) is 16.2 Å². The number of thiocarbonyl (C=S) groups is 1. The van der Waals surface area contributed by atoms with Gasteiger partial charge in [-0.25, -0.2) is 4.39 Å². The summed E-state index contributed by atoms with van der Waals surface area (Å²) in [4.78, 5) is 11.7. The smallest absolute Gasteiger partial charge is 0.276 e. The van der Waals surface area contributed by atoms with Gasteiger partial charge in [-0.15, -0.1) is 0 Å². The molecule has 0 aliphatic heterocycles. The highest BCUT2D eigenvalue weighted by Gasteiger charge is 2.05. The van der Waals surface area contributed by atoms with Gasteiger partial charge in [0.25, 0.3) is 5.91 Å². The van der Waals surface area contributed by atoms with Crippen LogP contribution in [-0.4, -0.2) is 17.6 Å². The second-order valence-electron chi connectivity index (χ2n) is 4.69. The number of hydrogen-bond acceptors (Lipinski definition) is 3. The number of halogens is 1. The van der Waals surface area contributed by atoms with Crippen molar-refractivity contribution in [3.63, 3.8) is 0 Å². The summed E-state index contributed by atoms with van der Waals surface area (Å²) in [7, 11) is 0. The molecule has 0 saturated heterocycles. The molecule has 0 aliphatic rings. The van der Waals surface area contributed by atoms with Gasteiger partial charge in [0.15, 0.2) is 11.7 Å². The third kappa shape index (κ3) is 5.55. The fourth-order valence-corrected chi connectivity index (χ4v) is 1.89. The highest BCUT2D eigenvalue weighted by atomic mass is 32.1. The summed E-state index contributed by atoms with van der Waals surface area (Å²) < 4.78 is 18.2. The molecule has 2 aromatic rings. The molecule has 5 nitrogen and oxygen atoms in total. The minimum atomic E-state index is -0.378. The molecule has 0 aliphatic carbocycles. The largest absolute Gasteiger partial charge is 0.483 e. The van der Waals surface area contributed by atoms with E-state index in [1.165, 1.54) is 24.3 Å². The first-order valence-corrected chi connectivity index (χ1v) is 7.25. The Kier molecular flexibility index (Phi) is 5.87. The van der Waals surface area contributed by atoms with Crippen LogP contribution in [-0.2, 0) is 4.79 Å². The number of carbonyl (C=O) groups excluding carboxylic acids is 1.